The number of aliphatic hydroxyl groups is 2. The van der Waals surface area contributed by atoms with E-state index in [2.05, 4.69) is 21.5 Å². The third-order valence-corrected chi connectivity index (χ3v) is 3.35. The predicted octanol–water partition coefficient (Wildman–Crippen LogP) is -0.369. The molecule has 94 valence electrons. The molecule has 1 fully saturated rings. The number of nitrogen functional groups attached to an aromatic ring is 1. The number of rotatable bonds is 1. The molecule has 3 unspecified atom stereocenters. The zero-order chi connectivity index (χ0) is 12.9. The number of hydrogen-bond acceptors (Lipinski definition) is 6. The summed E-state index contributed by atoms with van der Waals surface area (Å²) in [5, 5.41) is 19.7. The predicted molar refractivity (Wildman–Crippen MR) is 64.5 cm³/mol. The van der Waals surface area contributed by atoms with Crippen molar-refractivity contribution in [3.63, 3.8) is 0 Å². The Labute approximate surface area is 103 Å². The number of nitrogens with two attached hydrogens (primary N) is 1. The van der Waals surface area contributed by atoms with Gasteiger partial charge in [0.15, 0.2) is 11.5 Å². The molecule has 1 aliphatic carbocycles. The lowest BCUT2D eigenvalue weighted by molar-refractivity contribution is 0.0360. The van der Waals surface area contributed by atoms with Gasteiger partial charge in [0, 0.05) is 0 Å². The minimum atomic E-state index is -0.911. The van der Waals surface area contributed by atoms with Gasteiger partial charge in [0.2, 0.25) is 0 Å². The summed E-state index contributed by atoms with van der Waals surface area (Å²) in [6.45, 7) is 3.74. The second-order valence-corrected chi connectivity index (χ2v) is 4.45. The summed E-state index contributed by atoms with van der Waals surface area (Å²) in [4.78, 5) is 12.1. The molecule has 0 aromatic carbocycles. The van der Waals surface area contributed by atoms with Crippen LogP contribution in [0.3, 0.4) is 0 Å². The lowest BCUT2D eigenvalue weighted by atomic mass is 10.2. The standard InChI is InChI=1S/C11H13N5O2/c1-5-2-6(9(18)8(5)17)16-4-15-7-10(12)13-3-14-11(7)16/h3-4,6,8-9,17-18H,1-2H2,(H2,12,13,14). The van der Waals surface area contributed by atoms with Crippen molar-refractivity contribution >= 4 is 17.0 Å². The SMILES string of the molecule is C=C1CC(n2cnc3c(N)ncnc32)C(O)C1O. The Bertz CT molecular complexity index is 623. The van der Waals surface area contributed by atoms with E-state index in [1.807, 2.05) is 0 Å². The van der Waals surface area contributed by atoms with Crippen LogP contribution in [0.25, 0.3) is 11.2 Å². The van der Waals surface area contributed by atoms with Gasteiger partial charge in [-0.05, 0) is 12.0 Å². The topological polar surface area (TPSA) is 110 Å². The van der Waals surface area contributed by atoms with Crippen LogP contribution in [-0.4, -0.2) is 41.9 Å². The first-order chi connectivity index (χ1) is 8.59. The first kappa shape index (κ1) is 11.1. The lowest BCUT2D eigenvalue weighted by Gasteiger charge is -2.17. The molecule has 1 saturated carbocycles. The average molecular weight is 247 g/mol. The number of imidazole rings is 1. The third kappa shape index (κ3) is 1.41. The Hall–Kier alpha value is -1.99. The number of aromatic nitrogens is 4. The maximum absolute atomic E-state index is 9.99. The first-order valence-electron chi connectivity index (χ1n) is 5.56. The highest BCUT2D eigenvalue weighted by molar-refractivity contribution is 5.81. The molecule has 2 aromatic heterocycles. The molecule has 0 spiro atoms. The largest absolute Gasteiger partial charge is 0.388 e. The van der Waals surface area contributed by atoms with E-state index in [-0.39, 0.29) is 6.04 Å². The Morgan fingerprint density at radius 2 is 2.11 bits per heavy atom. The number of aliphatic hydroxyl groups excluding tert-OH is 2. The molecule has 4 N–H and O–H groups in total. The van der Waals surface area contributed by atoms with Crippen LogP contribution in [0.1, 0.15) is 12.5 Å². The van der Waals surface area contributed by atoms with Crippen molar-refractivity contribution in [3.05, 3.63) is 24.8 Å². The second kappa shape index (κ2) is 3.76. The highest BCUT2D eigenvalue weighted by atomic mass is 16.3. The molecule has 3 rings (SSSR count). The van der Waals surface area contributed by atoms with Crippen LogP contribution in [0.4, 0.5) is 5.82 Å². The summed E-state index contributed by atoms with van der Waals surface area (Å²) in [5.74, 6) is 0.297. The van der Waals surface area contributed by atoms with Crippen molar-refractivity contribution in [3.8, 4) is 0 Å². The molecular weight excluding hydrogens is 234 g/mol. The van der Waals surface area contributed by atoms with Gasteiger partial charge in [-0.3, -0.25) is 0 Å². The van der Waals surface area contributed by atoms with Crippen molar-refractivity contribution in [2.75, 3.05) is 5.73 Å². The molecule has 0 saturated heterocycles. The maximum atomic E-state index is 9.99. The van der Waals surface area contributed by atoms with Crippen LogP contribution in [0, 0.1) is 0 Å². The van der Waals surface area contributed by atoms with Gasteiger partial charge in [-0.25, -0.2) is 15.0 Å². The van der Waals surface area contributed by atoms with Gasteiger partial charge in [-0.15, -0.1) is 0 Å². The first-order valence-corrected chi connectivity index (χ1v) is 5.56. The molecule has 0 bridgehead atoms. The second-order valence-electron chi connectivity index (χ2n) is 4.45. The molecule has 7 heteroatoms. The van der Waals surface area contributed by atoms with Crippen LogP contribution in [0.5, 0.6) is 0 Å². The molecule has 18 heavy (non-hydrogen) atoms. The minimum Gasteiger partial charge on any atom is -0.388 e. The van der Waals surface area contributed by atoms with E-state index >= 15 is 0 Å². The average Bonchev–Trinajstić information content (AvgIpc) is 2.88. The molecule has 1 aliphatic rings. The lowest BCUT2D eigenvalue weighted by Crippen LogP contribution is -2.27. The highest BCUT2D eigenvalue weighted by Crippen LogP contribution is 2.35. The molecular formula is C11H13N5O2. The molecule has 0 radical (unpaired) electrons. The van der Waals surface area contributed by atoms with Gasteiger partial charge in [0.05, 0.1) is 12.4 Å². The fourth-order valence-corrected chi connectivity index (χ4v) is 2.34. The van der Waals surface area contributed by atoms with Gasteiger partial charge < -0.3 is 20.5 Å². The molecule has 7 nitrogen and oxygen atoms in total. The van der Waals surface area contributed by atoms with Crippen LogP contribution >= 0.6 is 0 Å². The summed E-state index contributed by atoms with van der Waals surface area (Å²) in [6.07, 6.45) is 1.56. The van der Waals surface area contributed by atoms with E-state index in [1.54, 1.807) is 10.9 Å². The van der Waals surface area contributed by atoms with E-state index in [0.29, 0.717) is 29.0 Å². The van der Waals surface area contributed by atoms with E-state index in [0.717, 1.165) is 0 Å². The van der Waals surface area contributed by atoms with Crippen LogP contribution in [-0.2, 0) is 0 Å². The van der Waals surface area contributed by atoms with Gasteiger partial charge in [0.1, 0.15) is 24.1 Å². The fourth-order valence-electron chi connectivity index (χ4n) is 2.34. The smallest absolute Gasteiger partial charge is 0.165 e. The number of hydrogen-bond donors (Lipinski definition) is 3. The summed E-state index contributed by atoms with van der Waals surface area (Å²) in [6, 6.07) is -0.327. The third-order valence-electron chi connectivity index (χ3n) is 3.35. The van der Waals surface area contributed by atoms with Crippen LogP contribution in [0.15, 0.2) is 24.8 Å². The Balaban J connectivity index is 2.11. The summed E-state index contributed by atoms with van der Waals surface area (Å²) >= 11 is 0. The van der Waals surface area contributed by atoms with Gasteiger partial charge in [-0.2, -0.15) is 0 Å². The normalized spacial score (nSPS) is 28.1. The van der Waals surface area contributed by atoms with E-state index in [4.69, 9.17) is 5.73 Å². The highest BCUT2D eigenvalue weighted by Gasteiger charge is 2.38. The van der Waals surface area contributed by atoms with Crippen LogP contribution in [0.2, 0.25) is 0 Å². The molecule has 2 aromatic rings. The monoisotopic (exact) mass is 247 g/mol. The zero-order valence-corrected chi connectivity index (χ0v) is 9.56. The minimum absolute atomic E-state index is 0.297. The summed E-state index contributed by atoms with van der Waals surface area (Å²) < 4.78 is 1.71. The zero-order valence-electron chi connectivity index (χ0n) is 9.56. The molecule has 0 amide bonds. The van der Waals surface area contributed by atoms with Gasteiger partial charge in [-0.1, -0.05) is 6.58 Å². The Kier molecular flexibility index (Phi) is 2.32. The van der Waals surface area contributed by atoms with E-state index < -0.39 is 12.2 Å². The van der Waals surface area contributed by atoms with E-state index in [1.165, 1.54) is 6.33 Å². The number of fused-ring (bicyclic) bond motifs is 1. The maximum Gasteiger partial charge on any atom is 0.165 e. The Morgan fingerprint density at radius 3 is 2.78 bits per heavy atom. The Morgan fingerprint density at radius 1 is 1.33 bits per heavy atom. The summed E-state index contributed by atoms with van der Waals surface area (Å²) in [7, 11) is 0. The van der Waals surface area contributed by atoms with Crippen molar-refractivity contribution in [1.82, 2.24) is 19.5 Å². The molecule has 3 atom stereocenters. The number of nitrogens with zero attached hydrogens (tertiary/aromatic N) is 4. The molecule has 0 aliphatic heterocycles. The van der Waals surface area contributed by atoms with Gasteiger partial charge >= 0.3 is 0 Å². The molecule has 2 heterocycles. The van der Waals surface area contributed by atoms with E-state index in [9.17, 15) is 10.2 Å². The number of anilines is 1. The fraction of sp³-hybridized carbons (Fsp3) is 0.364. The quantitative estimate of drug-likeness (QED) is 0.593. The van der Waals surface area contributed by atoms with Crippen molar-refractivity contribution in [2.24, 2.45) is 0 Å². The van der Waals surface area contributed by atoms with Crippen LogP contribution < -0.4 is 5.73 Å². The van der Waals surface area contributed by atoms with Gasteiger partial charge in [0.25, 0.3) is 0 Å². The van der Waals surface area contributed by atoms with Crippen molar-refractivity contribution < 1.29 is 10.2 Å². The summed E-state index contributed by atoms with van der Waals surface area (Å²) in [5.41, 5.74) is 7.36. The van der Waals surface area contributed by atoms with Crippen molar-refractivity contribution in [2.45, 2.75) is 24.7 Å². The van der Waals surface area contributed by atoms with Crippen molar-refractivity contribution in [1.29, 1.82) is 0 Å².